The summed E-state index contributed by atoms with van der Waals surface area (Å²) in [5.74, 6) is 0.633. The van der Waals surface area contributed by atoms with Crippen molar-refractivity contribution in [3.8, 4) is 5.75 Å². The van der Waals surface area contributed by atoms with Gasteiger partial charge < -0.3 is 10.1 Å². The average molecular weight is 316 g/mol. The van der Waals surface area contributed by atoms with E-state index in [1.807, 2.05) is 38.1 Å². The van der Waals surface area contributed by atoms with Crippen molar-refractivity contribution in [2.24, 2.45) is 0 Å². The molecule has 0 fully saturated rings. The maximum Gasteiger partial charge on any atom is 0.247 e. The Morgan fingerprint density at radius 3 is 2.86 bits per heavy atom. The number of aryl methyl sites for hydroxylation is 2. The minimum atomic E-state index is -0.141. The Bertz CT molecular complexity index is 837. The zero-order chi connectivity index (χ0) is 15.7. The number of hydrogen-bond donors (Lipinski definition) is 1. The second-order valence-electron chi connectivity index (χ2n) is 4.99. The number of fused-ring (bicyclic) bond motifs is 1. The second kappa shape index (κ2) is 5.76. The monoisotopic (exact) mass is 316 g/mol. The summed E-state index contributed by atoms with van der Waals surface area (Å²) in [5, 5.41) is 7.68. The Morgan fingerprint density at radius 2 is 2.18 bits per heavy atom. The lowest BCUT2D eigenvalue weighted by Crippen LogP contribution is -2.20. The van der Waals surface area contributed by atoms with E-state index in [1.165, 1.54) is 11.3 Å². The highest BCUT2D eigenvalue weighted by Crippen LogP contribution is 2.29. The molecule has 0 aliphatic carbocycles. The van der Waals surface area contributed by atoms with Crippen LogP contribution >= 0.6 is 11.3 Å². The van der Waals surface area contributed by atoms with E-state index in [1.54, 1.807) is 11.8 Å². The highest BCUT2D eigenvalue weighted by atomic mass is 32.1. The number of amides is 1. The number of aromatic nitrogens is 3. The molecule has 3 aromatic rings. The SMILES string of the molecule is COc1ccc2nc(NC(=O)Cn3nc(C)cc3C)sc2c1. The molecule has 2 aromatic heterocycles. The first-order valence-electron chi connectivity index (χ1n) is 6.80. The number of nitrogens with zero attached hydrogens (tertiary/aromatic N) is 3. The highest BCUT2D eigenvalue weighted by molar-refractivity contribution is 7.22. The van der Waals surface area contributed by atoms with Crippen LogP contribution in [0.5, 0.6) is 5.75 Å². The number of rotatable bonds is 4. The molecular weight excluding hydrogens is 300 g/mol. The molecule has 0 saturated heterocycles. The molecule has 1 aromatic carbocycles. The van der Waals surface area contributed by atoms with E-state index in [0.717, 1.165) is 27.4 Å². The van der Waals surface area contributed by atoms with Crippen molar-refractivity contribution in [1.29, 1.82) is 0 Å². The van der Waals surface area contributed by atoms with E-state index >= 15 is 0 Å². The molecule has 1 N–H and O–H groups in total. The van der Waals surface area contributed by atoms with Crippen LogP contribution in [-0.2, 0) is 11.3 Å². The summed E-state index contributed by atoms with van der Waals surface area (Å²) in [4.78, 5) is 16.5. The molecular formula is C15H16N4O2S. The van der Waals surface area contributed by atoms with Gasteiger partial charge in [0.25, 0.3) is 0 Å². The Morgan fingerprint density at radius 1 is 1.36 bits per heavy atom. The molecule has 2 heterocycles. The standard InChI is InChI=1S/C15H16N4O2S/c1-9-6-10(2)19(18-9)8-14(20)17-15-16-12-5-4-11(21-3)7-13(12)22-15/h4-7H,8H2,1-3H3,(H,16,17,20). The Hall–Kier alpha value is -2.41. The number of carbonyl (C=O) groups excluding carboxylic acids is 1. The summed E-state index contributed by atoms with van der Waals surface area (Å²) >= 11 is 1.42. The molecule has 0 atom stereocenters. The molecule has 0 bridgehead atoms. The Labute approximate surface area is 131 Å². The zero-order valence-corrected chi connectivity index (χ0v) is 13.4. The van der Waals surface area contributed by atoms with Crippen molar-refractivity contribution in [2.75, 3.05) is 12.4 Å². The van der Waals surface area contributed by atoms with Gasteiger partial charge in [0.2, 0.25) is 5.91 Å². The number of hydrogen-bond acceptors (Lipinski definition) is 5. The molecule has 0 unspecified atom stereocenters. The van der Waals surface area contributed by atoms with Gasteiger partial charge in [0.15, 0.2) is 5.13 Å². The normalized spacial score (nSPS) is 10.9. The molecule has 0 radical (unpaired) electrons. The topological polar surface area (TPSA) is 69.0 Å². The second-order valence-corrected chi connectivity index (χ2v) is 6.02. The quantitative estimate of drug-likeness (QED) is 0.803. The summed E-state index contributed by atoms with van der Waals surface area (Å²) in [5.41, 5.74) is 2.70. The number of ether oxygens (including phenoxy) is 1. The molecule has 0 saturated carbocycles. The Balaban J connectivity index is 1.75. The van der Waals surface area contributed by atoms with Gasteiger partial charge in [0, 0.05) is 5.69 Å². The summed E-state index contributed by atoms with van der Waals surface area (Å²) in [6.07, 6.45) is 0. The number of anilines is 1. The van der Waals surface area contributed by atoms with Crippen LogP contribution in [0.3, 0.4) is 0 Å². The van der Waals surface area contributed by atoms with Gasteiger partial charge in [-0.25, -0.2) is 4.98 Å². The first kappa shape index (κ1) is 14.5. The third-order valence-electron chi connectivity index (χ3n) is 3.24. The number of nitrogens with one attached hydrogen (secondary N) is 1. The molecule has 0 aliphatic rings. The number of methoxy groups -OCH3 is 1. The Kier molecular flexibility index (Phi) is 3.81. The van der Waals surface area contributed by atoms with Gasteiger partial charge in [0.05, 0.1) is 23.0 Å². The van der Waals surface area contributed by atoms with Crippen LogP contribution in [0.2, 0.25) is 0 Å². The van der Waals surface area contributed by atoms with Gasteiger partial charge in [-0.2, -0.15) is 5.10 Å². The van der Waals surface area contributed by atoms with E-state index < -0.39 is 0 Å². The van der Waals surface area contributed by atoms with Crippen molar-refractivity contribution < 1.29 is 9.53 Å². The minimum Gasteiger partial charge on any atom is -0.497 e. The highest BCUT2D eigenvalue weighted by Gasteiger charge is 2.11. The van der Waals surface area contributed by atoms with Crippen LogP contribution < -0.4 is 10.1 Å². The molecule has 3 rings (SSSR count). The largest absolute Gasteiger partial charge is 0.497 e. The molecule has 22 heavy (non-hydrogen) atoms. The lowest BCUT2D eigenvalue weighted by molar-refractivity contribution is -0.116. The molecule has 0 aliphatic heterocycles. The smallest absolute Gasteiger partial charge is 0.247 e. The third kappa shape index (κ3) is 2.94. The minimum absolute atomic E-state index is 0.141. The fourth-order valence-electron chi connectivity index (χ4n) is 2.22. The van der Waals surface area contributed by atoms with Crippen LogP contribution in [0.4, 0.5) is 5.13 Å². The van der Waals surface area contributed by atoms with Crippen molar-refractivity contribution in [1.82, 2.24) is 14.8 Å². The molecule has 7 heteroatoms. The predicted molar refractivity (Wildman–Crippen MR) is 86.5 cm³/mol. The summed E-state index contributed by atoms with van der Waals surface area (Å²) in [7, 11) is 1.62. The van der Waals surface area contributed by atoms with Gasteiger partial charge >= 0.3 is 0 Å². The van der Waals surface area contributed by atoms with Crippen LogP contribution in [0.25, 0.3) is 10.2 Å². The first-order valence-corrected chi connectivity index (χ1v) is 7.62. The van der Waals surface area contributed by atoms with Crippen molar-refractivity contribution in [2.45, 2.75) is 20.4 Å². The molecule has 114 valence electrons. The van der Waals surface area contributed by atoms with Gasteiger partial charge in [-0.05, 0) is 38.1 Å². The van der Waals surface area contributed by atoms with Crippen LogP contribution in [-0.4, -0.2) is 27.8 Å². The summed E-state index contributed by atoms with van der Waals surface area (Å²) < 4.78 is 7.84. The fraction of sp³-hybridized carbons (Fsp3) is 0.267. The van der Waals surface area contributed by atoms with Gasteiger partial charge in [0.1, 0.15) is 12.3 Å². The maximum absolute atomic E-state index is 12.1. The van der Waals surface area contributed by atoms with Gasteiger partial charge in [-0.3, -0.25) is 9.48 Å². The number of thiazole rings is 1. The summed E-state index contributed by atoms with van der Waals surface area (Å²) in [6, 6.07) is 7.58. The molecule has 1 amide bonds. The van der Waals surface area contributed by atoms with E-state index in [-0.39, 0.29) is 12.5 Å². The summed E-state index contributed by atoms with van der Waals surface area (Å²) in [6.45, 7) is 4.01. The predicted octanol–water partition coefficient (Wildman–Crippen LogP) is 2.76. The molecule has 6 nitrogen and oxygen atoms in total. The number of carbonyl (C=O) groups is 1. The van der Waals surface area contributed by atoms with Crippen molar-refractivity contribution in [3.05, 3.63) is 35.7 Å². The zero-order valence-electron chi connectivity index (χ0n) is 12.6. The maximum atomic E-state index is 12.1. The van der Waals surface area contributed by atoms with Crippen LogP contribution in [0, 0.1) is 13.8 Å². The first-order chi connectivity index (χ1) is 10.5. The van der Waals surface area contributed by atoms with E-state index in [0.29, 0.717) is 5.13 Å². The van der Waals surface area contributed by atoms with Crippen molar-refractivity contribution >= 4 is 32.6 Å². The van der Waals surface area contributed by atoms with E-state index in [4.69, 9.17) is 4.74 Å². The lowest BCUT2D eigenvalue weighted by Gasteiger charge is -2.03. The van der Waals surface area contributed by atoms with Gasteiger partial charge in [-0.15, -0.1) is 0 Å². The van der Waals surface area contributed by atoms with Gasteiger partial charge in [-0.1, -0.05) is 11.3 Å². The van der Waals surface area contributed by atoms with Crippen molar-refractivity contribution in [3.63, 3.8) is 0 Å². The third-order valence-corrected chi connectivity index (χ3v) is 4.17. The van der Waals surface area contributed by atoms with E-state index in [2.05, 4.69) is 15.4 Å². The average Bonchev–Trinajstić information content (AvgIpc) is 3.00. The molecule has 0 spiro atoms. The lowest BCUT2D eigenvalue weighted by atomic mass is 10.3. The van der Waals surface area contributed by atoms with Crippen LogP contribution in [0.1, 0.15) is 11.4 Å². The fourth-order valence-corrected chi connectivity index (χ4v) is 3.13. The number of benzene rings is 1. The van der Waals surface area contributed by atoms with E-state index in [9.17, 15) is 4.79 Å². The van der Waals surface area contributed by atoms with Crippen LogP contribution in [0.15, 0.2) is 24.3 Å².